The Morgan fingerprint density at radius 3 is 2.79 bits per heavy atom. The van der Waals surface area contributed by atoms with Crippen molar-refractivity contribution < 1.29 is 19.1 Å². The summed E-state index contributed by atoms with van der Waals surface area (Å²) in [6.07, 6.45) is 5.72. The third-order valence-electron chi connectivity index (χ3n) is 6.34. The number of carbonyl (C=O) groups is 3. The standard InChI is InChI=1S/C25H30N4O4/c1-18(19-8-6-10-21(16-19)33-17-20-9-2-5-14-26-20)27-22(30)11-7-15-29-23(31)25(28-24(29)32)12-3-4-13-25/h2,5-6,8-10,14,16,18H,3-4,7,11-13,15,17H2,1H3,(H,27,30)(H,28,32). The molecule has 1 aromatic carbocycles. The largest absolute Gasteiger partial charge is 0.487 e. The Balaban J connectivity index is 1.23. The molecule has 4 rings (SSSR count). The summed E-state index contributed by atoms with van der Waals surface area (Å²) in [6.45, 7) is 2.54. The van der Waals surface area contributed by atoms with Crippen molar-refractivity contribution in [2.24, 2.45) is 0 Å². The molecule has 8 heteroatoms. The zero-order valence-corrected chi connectivity index (χ0v) is 18.9. The molecule has 1 aliphatic heterocycles. The SMILES string of the molecule is CC(NC(=O)CCCN1C(=O)NC2(CCCC2)C1=O)c1cccc(OCc2ccccn2)c1. The van der Waals surface area contributed by atoms with Crippen LogP contribution >= 0.6 is 0 Å². The number of benzene rings is 1. The Morgan fingerprint density at radius 1 is 1.21 bits per heavy atom. The van der Waals surface area contributed by atoms with E-state index in [2.05, 4.69) is 15.6 Å². The number of hydrogen-bond acceptors (Lipinski definition) is 5. The van der Waals surface area contributed by atoms with E-state index in [-0.39, 0.29) is 36.9 Å². The van der Waals surface area contributed by atoms with Crippen molar-refractivity contribution in [3.8, 4) is 5.75 Å². The zero-order chi connectivity index (χ0) is 23.3. The van der Waals surface area contributed by atoms with Crippen molar-refractivity contribution >= 4 is 17.8 Å². The highest BCUT2D eigenvalue weighted by atomic mass is 16.5. The molecule has 2 aromatic rings. The second-order valence-corrected chi connectivity index (χ2v) is 8.75. The van der Waals surface area contributed by atoms with Crippen LogP contribution in [0.1, 0.15) is 62.7 Å². The first-order valence-electron chi connectivity index (χ1n) is 11.5. The topological polar surface area (TPSA) is 101 Å². The molecule has 8 nitrogen and oxygen atoms in total. The molecular weight excluding hydrogens is 420 g/mol. The second kappa shape index (κ2) is 10.0. The van der Waals surface area contributed by atoms with E-state index in [1.54, 1.807) is 6.20 Å². The maximum absolute atomic E-state index is 12.7. The van der Waals surface area contributed by atoms with Crippen molar-refractivity contribution in [1.29, 1.82) is 0 Å². The van der Waals surface area contributed by atoms with Gasteiger partial charge in [-0.2, -0.15) is 0 Å². The van der Waals surface area contributed by atoms with Crippen LogP contribution in [0.25, 0.3) is 0 Å². The normalized spacial score (nSPS) is 17.8. The molecule has 2 aliphatic rings. The summed E-state index contributed by atoms with van der Waals surface area (Å²) in [4.78, 5) is 42.9. The van der Waals surface area contributed by atoms with Crippen LogP contribution < -0.4 is 15.4 Å². The molecule has 2 N–H and O–H groups in total. The van der Waals surface area contributed by atoms with Crippen molar-refractivity contribution in [3.63, 3.8) is 0 Å². The van der Waals surface area contributed by atoms with E-state index in [4.69, 9.17) is 4.74 Å². The van der Waals surface area contributed by atoms with Crippen molar-refractivity contribution in [2.75, 3.05) is 6.54 Å². The summed E-state index contributed by atoms with van der Waals surface area (Å²) in [5, 5.41) is 5.85. The summed E-state index contributed by atoms with van der Waals surface area (Å²) in [5.41, 5.74) is 1.07. The third-order valence-corrected chi connectivity index (χ3v) is 6.34. The van der Waals surface area contributed by atoms with Gasteiger partial charge in [-0.25, -0.2) is 4.79 Å². The Kier molecular flexibility index (Phi) is 6.91. The van der Waals surface area contributed by atoms with E-state index >= 15 is 0 Å². The Labute approximate surface area is 193 Å². The number of amides is 4. The van der Waals surface area contributed by atoms with Gasteiger partial charge < -0.3 is 15.4 Å². The summed E-state index contributed by atoms with van der Waals surface area (Å²) >= 11 is 0. The summed E-state index contributed by atoms with van der Waals surface area (Å²) in [5.74, 6) is 0.449. The van der Waals surface area contributed by atoms with E-state index < -0.39 is 5.54 Å². The minimum absolute atomic E-state index is 0.120. The number of nitrogens with zero attached hydrogens (tertiary/aromatic N) is 2. The van der Waals surface area contributed by atoms with Gasteiger partial charge in [0.1, 0.15) is 17.9 Å². The van der Waals surface area contributed by atoms with Crippen LogP contribution in [0.5, 0.6) is 5.75 Å². The molecule has 0 radical (unpaired) electrons. The van der Waals surface area contributed by atoms with E-state index in [0.29, 0.717) is 31.6 Å². The molecule has 1 aromatic heterocycles. The number of hydrogen-bond donors (Lipinski definition) is 2. The molecule has 1 saturated carbocycles. The molecule has 1 saturated heterocycles. The van der Waals surface area contributed by atoms with Gasteiger partial charge in [0.05, 0.1) is 11.7 Å². The van der Waals surface area contributed by atoms with Gasteiger partial charge in [0.15, 0.2) is 0 Å². The quantitative estimate of drug-likeness (QED) is 0.570. The molecule has 174 valence electrons. The number of imide groups is 1. The number of carbonyl (C=O) groups excluding carboxylic acids is 3. The Bertz CT molecular complexity index is 1000. The van der Waals surface area contributed by atoms with Crippen LogP contribution in [0.15, 0.2) is 48.7 Å². The van der Waals surface area contributed by atoms with Gasteiger partial charge in [-0.15, -0.1) is 0 Å². The van der Waals surface area contributed by atoms with Gasteiger partial charge in [-0.3, -0.25) is 19.5 Å². The first kappa shape index (κ1) is 22.8. The second-order valence-electron chi connectivity index (χ2n) is 8.75. The molecule has 1 atom stereocenters. The zero-order valence-electron chi connectivity index (χ0n) is 18.9. The highest BCUT2D eigenvalue weighted by Gasteiger charge is 2.52. The van der Waals surface area contributed by atoms with Gasteiger partial charge in [0.25, 0.3) is 5.91 Å². The molecule has 2 fully saturated rings. The predicted octanol–water partition coefficient (Wildman–Crippen LogP) is 3.48. The lowest BCUT2D eigenvalue weighted by atomic mass is 9.98. The van der Waals surface area contributed by atoms with Gasteiger partial charge in [0, 0.05) is 19.2 Å². The number of rotatable bonds is 9. The van der Waals surface area contributed by atoms with Crippen LogP contribution in [-0.4, -0.2) is 39.8 Å². The number of ether oxygens (including phenoxy) is 1. The number of pyridine rings is 1. The minimum atomic E-state index is -0.697. The maximum atomic E-state index is 12.7. The molecule has 1 aliphatic carbocycles. The van der Waals surface area contributed by atoms with Crippen LogP contribution in [-0.2, 0) is 16.2 Å². The molecule has 4 amide bonds. The number of aromatic nitrogens is 1. The lowest BCUT2D eigenvalue weighted by molar-refractivity contribution is -0.131. The van der Waals surface area contributed by atoms with Gasteiger partial charge in [-0.05, 0) is 56.0 Å². The van der Waals surface area contributed by atoms with Gasteiger partial charge in [-0.1, -0.05) is 31.0 Å². The van der Waals surface area contributed by atoms with E-state index in [0.717, 1.165) is 24.1 Å². The molecule has 1 spiro atoms. The first-order valence-corrected chi connectivity index (χ1v) is 11.5. The Morgan fingerprint density at radius 2 is 2.03 bits per heavy atom. The molecule has 33 heavy (non-hydrogen) atoms. The van der Waals surface area contributed by atoms with Gasteiger partial charge in [0.2, 0.25) is 5.91 Å². The molecular formula is C25H30N4O4. The highest BCUT2D eigenvalue weighted by molar-refractivity contribution is 6.07. The van der Waals surface area contributed by atoms with Crippen LogP contribution in [0.4, 0.5) is 4.79 Å². The number of nitrogens with one attached hydrogen (secondary N) is 2. The van der Waals surface area contributed by atoms with Crippen LogP contribution in [0, 0.1) is 0 Å². The summed E-state index contributed by atoms with van der Waals surface area (Å²) in [7, 11) is 0. The fraction of sp³-hybridized carbons (Fsp3) is 0.440. The lowest BCUT2D eigenvalue weighted by Gasteiger charge is -2.20. The van der Waals surface area contributed by atoms with E-state index in [1.165, 1.54) is 4.90 Å². The van der Waals surface area contributed by atoms with Crippen molar-refractivity contribution in [3.05, 3.63) is 59.9 Å². The predicted molar refractivity (Wildman–Crippen MR) is 122 cm³/mol. The monoisotopic (exact) mass is 450 g/mol. The maximum Gasteiger partial charge on any atom is 0.325 e. The fourth-order valence-corrected chi connectivity index (χ4v) is 4.51. The highest BCUT2D eigenvalue weighted by Crippen LogP contribution is 2.35. The van der Waals surface area contributed by atoms with E-state index in [9.17, 15) is 14.4 Å². The average molecular weight is 451 g/mol. The fourth-order valence-electron chi connectivity index (χ4n) is 4.51. The first-order chi connectivity index (χ1) is 16.0. The summed E-state index contributed by atoms with van der Waals surface area (Å²) < 4.78 is 5.82. The molecule has 2 heterocycles. The Hall–Kier alpha value is -3.42. The van der Waals surface area contributed by atoms with Crippen molar-refractivity contribution in [1.82, 2.24) is 20.5 Å². The smallest absolute Gasteiger partial charge is 0.325 e. The van der Waals surface area contributed by atoms with Gasteiger partial charge >= 0.3 is 6.03 Å². The van der Waals surface area contributed by atoms with Crippen molar-refractivity contribution in [2.45, 2.75) is 63.6 Å². The number of urea groups is 1. The average Bonchev–Trinajstić information content (AvgIpc) is 3.38. The summed E-state index contributed by atoms with van der Waals surface area (Å²) in [6, 6.07) is 12.7. The molecule has 1 unspecified atom stereocenters. The lowest BCUT2D eigenvalue weighted by Crippen LogP contribution is -2.44. The third kappa shape index (κ3) is 5.32. The molecule has 0 bridgehead atoms. The van der Waals surface area contributed by atoms with E-state index in [1.807, 2.05) is 49.4 Å². The van der Waals surface area contributed by atoms with Crippen LogP contribution in [0.3, 0.4) is 0 Å². The minimum Gasteiger partial charge on any atom is -0.487 e. The van der Waals surface area contributed by atoms with Crippen LogP contribution in [0.2, 0.25) is 0 Å².